The zero-order valence-corrected chi connectivity index (χ0v) is 2.81. The molecule has 0 aliphatic carbocycles. The van der Waals surface area contributed by atoms with Crippen molar-refractivity contribution in [3.63, 3.8) is 0 Å². The quantitative estimate of drug-likeness (QED) is 0.140. The lowest BCUT2D eigenvalue weighted by atomic mass is 11.7. The summed E-state index contributed by atoms with van der Waals surface area (Å²) >= 11 is 3.38. The monoisotopic (exact) mass is 74.0 g/mol. The van der Waals surface area contributed by atoms with Crippen LogP contribution in [-0.4, -0.2) is 10.3 Å². The van der Waals surface area contributed by atoms with Crippen LogP contribution in [0.4, 0.5) is 0 Å². The van der Waals surface area contributed by atoms with Gasteiger partial charge in [-0.05, 0) is 0 Å². The molecule has 0 rings (SSSR count). The van der Waals surface area contributed by atoms with E-state index in [2.05, 4.69) is 17.4 Å². The molecular weight excluding hydrogens is 72.1 g/mol. The summed E-state index contributed by atoms with van der Waals surface area (Å²) in [6.45, 7) is 0. The fraction of sp³-hybridized carbons (Fsp3) is 0. The van der Waals surface area contributed by atoms with Crippen molar-refractivity contribution < 1.29 is 4.79 Å². The van der Waals surface area contributed by atoms with Gasteiger partial charge in [-0.25, -0.2) is 0 Å². The molecule has 0 aliphatic heterocycles. The Balaban J connectivity index is 3.11. The van der Waals surface area contributed by atoms with Gasteiger partial charge in [0.1, 0.15) is 0 Å². The fourth-order valence-electron chi connectivity index (χ4n) is 0. The van der Waals surface area contributed by atoms with E-state index in [0.717, 1.165) is 5.55 Å². The maximum Gasteiger partial charge on any atom is 0.311 e. The Hall–Kier alpha value is -0.270. The minimum atomic E-state index is 1.00. The molecule has 2 nitrogen and oxygen atoms in total. The SMILES string of the molecule is [N-]=[N+]=CS. The number of nitrogens with zero attached hydrogens (tertiary/aromatic N) is 2. The van der Waals surface area contributed by atoms with Crippen LogP contribution in [-0.2, 0) is 0 Å². The van der Waals surface area contributed by atoms with E-state index < -0.39 is 0 Å². The minimum Gasteiger partial charge on any atom is -0.361 e. The molecule has 0 saturated heterocycles. The number of hydrogen-bond donors (Lipinski definition) is 1. The molecule has 0 aromatic carbocycles. The van der Waals surface area contributed by atoms with Crippen molar-refractivity contribution in [2.24, 2.45) is 0 Å². The van der Waals surface area contributed by atoms with Crippen LogP contribution in [0.3, 0.4) is 0 Å². The van der Waals surface area contributed by atoms with Crippen molar-refractivity contribution in [2.75, 3.05) is 0 Å². The Kier molecular flexibility index (Phi) is 2.55. The standard InChI is InChI=1S/CH2N2S/c2-3-1-4/h1,4H. The van der Waals surface area contributed by atoms with E-state index in [1.807, 2.05) is 0 Å². The van der Waals surface area contributed by atoms with Crippen molar-refractivity contribution in [2.45, 2.75) is 0 Å². The van der Waals surface area contributed by atoms with Gasteiger partial charge in [0.25, 0.3) is 0 Å². The molecule has 0 radical (unpaired) electrons. The van der Waals surface area contributed by atoms with E-state index in [1.165, 1.54) is 0 Å². The Morgan fingerprint density at radius 2 is 2.25 bits per heavy atom. The Morgan fingerprint density at radius 3 is 2.25 bits per heavy atom. The summed E-state index contributed by atoms with van der Waals surface area (Å²) in [5.74, 6) is 0. The van der Waals surface area contributed by atoms with Crippen molar-refractivity contribution in [1.82, 2.24) is 0 Å². The van der Waals surface area contributed by atoms with Crippen molar-refractivity contribution in [3.8, 4) is 0 Å². The lowest BCUT2D eigenvalue weighted by molar-refractivity contribution is 0.00852. The summed E-state index contributed by atoms with van der Waals surface area (Å²) in [4.78, 5) is 2.48. The van der Waals surface area contributed by atoms with Crippen LogP contribution in [0.25, 0.3) is 5.53 Å². The summed E-state index contributed by atoms with van der Waals surface area (Å²) in [6, 6.07) is 0. The molecule has 0 N–H and O–H groups in total. The van der Waals surface area contributed by atoms with Gasteiger partial charge in [0.2, 0.25) is 0 Å². The van der Waals surface area contributed by atoms with Gasteiger partial charge in [-0.1, -0.05) is 12.6 Å². The van der Waals surface area contributed by atoms with Crippen LogP contribution in [0.5, 0.6) is 0 Å². The number of thiol groups is 1. The highest BCUT2D eigenvalue weighted by Crippen LogP contribution is 1.41. The molecule has 4 heavy (non-hydrogen) atoms. The molecule has 0 amide bonds. The molecule has 0 spiro atoms. The minimum absolute atomic E-state index is 1.00. The molecule has 0 saturated carbocycles. The second-order valence-electron chi connectivity index (χ2n) is 0.231. The predicted octanol–water partition coefficient (Wildman–Crippen LogP) is 0.174. The van der Waals surface area contributed by atoms with Crippen LogP contribution < -0.4 is 0 Å². The lowest BCUT2D eigenvalue weighted by Gasteiger charge is -1.31. The fourth-order valence-corrected chi connectivity index (χ4v) is 0. The van der Waals surface area contributed by atoms with E-state index >= 15 is 0 Å². The van der Waals surface area contributed by atoms with E-state index in [1.54, 1.807) is 0 Å². The van der Waals surface area contributed by atoms with Crippen LogP contribution in [0.1, 0.15) is 0 Å². The first-order valence-electron chi connectivity index (χ1n) is 0.716. The molecule has 0 aromatic rings. The van der Waals surface area contributed by atoms with Gasteiger partial charge in [0, 0.05) is 0 Å². The maximum atomic E-state index is 7.37. The molecule has 22 valence electrons. The Morgan fingerprint density at radius 1 is 2.00 bits per heavy atom. The summed E-state index contributed by atoms with van der Waals surface area (Å²) in [5, 5.41) is 0. The van der Waals surface area contributed by atoms with E-state index in [0.29, 0.717) is 0 Å². The van der Waals surface area contributed by atoms with Gasteiger partial charge in [-0.2, -0.15) is 4.79 Å². The van der Waals surface area contributed by atoms with Crippen LogP contribution in [0, 0.1) is 0 Å². The smallest absolute Gasteiger partial charge is 0.311 e. The molecule has 3 heteroatoms. The molecule has 0 unspecified atom stereocenters. The highest BCUT2D eigenvalue weighted by Gasteiger charge is 1.39. The first kappa shape index (κ1) is 3.73. The highest BCUT2D eigenvalue weighted by atomic mass is 32.1. The van der Waals surface area contributed by atoms with E-state index in [9.17, 15) is 0 Å². The molecule has 0 aromatic heterocycles. The summed E-state index contributed by atoms with van der Waals surface area (Å²) in [7, 11) is 0. The van der Waals surface area contributed by atoms with Gasteiger partial charge < -0.3 is 5.53 Å². The first-order valence-corrected chi connectivity index (χ1v) is 1.23. The van der Waals surface area contributed by atoms with Crippen molar-refractivity contribution in [1.29, 1.82) is 0 Å². The van der Waals surface area contributed by atoms with E-state index in [4.69, 9.17) is 5.53 Å². The third kappa shape index (κ3) is 1.73. The lowest BCUT2D eigenvalue weighted by Crippen LogP contribution is -1.41. The second-order valence-corrected chi connectivity index (χ2v) is 0.462. The Labute approximate surface area is 29.5 Å². The molecule has 0 bridgehead atoms. The molecule has 0 heterocycles. The third-order valence-corrected chi connectivity index (χ3v) is 0.155. The van der Waals surface area contributed by atoms with Gasteiger partial charge >= 0.3 is 5.55 Å². The summed E-state index contributed by atoms with van der Waals surface area (Å²) in [6.07, 6.45) is 0. The largest absolute Gasteiger partial charge is 0.361 e. The average molecular weight is 74.1 g/mol. The van der Waals surface area contributed by atoms with E-state index in [-0.39, 0.29) is 0 Å². The van der Waals surface area contributed by atoms with Crippen molar-refractivity contribution >= 4 is 18.2 Å². The molecular formula is CH2N2S. The summed E-state index contributed by atoms with van der Waals surface area (Å²) < 4.78 is 0. The maximum absolute atomic E-state index is 7.37. The zero-order chi connectivity index (χ0) is 3.41. The average Bonchev–Trinajstić information content (AvgIpc) is 1.37. The van der Waals surface area contributed by atoms with Crippen molar-refractivity contribution in [3.05, 3.63) is 5.53 Å². The van der Waals surface area contributed by atoms with Crippen LogP contribution in [0.15, 0.2) is 0 Å². The molecule has 0 fully saturated rings. The van der Waals surface area contributed by atoms with Gasteiger partial charge in [-0.3, -0.25) is 0 Å². The first-order chi connectivity index (χ1) is 1.91. The van der Waals surface area contributed by atoms with Gasteiger partial charge in [0.05, 0.1) is 0 Å². The predicted molar refractivity (Wildman–Crippen MR) is 18.7 cm³/mol. The van der Waals surface area contributed by atoms with Gasteiger partial charge in [0.15, 0.2) is 0 Å². The Bertz CT molecular complexity index is 44.0. The summed E-state index contributed by atoms with van der Waals surface area (Å²) in [5.41, 5.74) is 8.37. The molecule has 0 aliphatic rings. The van der Waals surface area contributed by atoms with Gasteiger partial charge in [-0.15, -0.1) is 0 Å². The zero-order valence-electron chi connectivity index (χ0n) is 1.92. The number of hydrogen-bond acceptors (Lipinski definition) is 0. The molecule has 0 atom stereocenters. The third-order valence-electron chi connectivity index (χ3n) is 0.0516. The topological polar surface area (TPSA) is 36.4 Å². The number of rotatable bonds is 0. The van der Waals surface area contributed by atoms with Crippen LogP contribution >= 0.6 is 12.6 Å². The normalized spacial score (nSPS) is 4.25. The van der Waals surface area contributed by atoms with Crippen LogP contribution in [0.2, 0.25) is 0 Å². The second kappa shape index (κ2) is 2.73. The highest BCUT2D eigenvalue weighted by molar-refractivity contribution is 7.94.